The zero-order valence-corrected chi connectivity index (χ0v) is 10.2. The maximum Gasteiger partial charge on any atom is 0.143 e. The molecule has 19 heavy (non-hydrogen) atoms. The zero-order chi connectivity index (χ0) is 13.8. The van der Waals surface area contributed by atoms with Crippen LogP contribution in [0.3, 0.4) is 0 Å². The molecule has 1 heterocycles. The van der Waals surface area contributed by atoms with E-state index < -0.39 is 5.82 Å². The SMILES string of the molecule is N#Cc1cc(Cl)nc(Nc2cccc(F)c2C#N)c1. The Kier molecular flexibility index (Phi) is 3.61. The van der Waals surface area contributed by atoms with Crippen LogP contribution in [0, 0.1) is 28.5 Å². The molecule has 1 N–H and O–H groups in total. The summed E-state index contributed by atoms with van der Waals surface area (Å²) < 4.78 is 13.4. The molecule has 0 aliphatic carbocycles. The molecule has 92 valence electrons. The van der Waals surface area contributed by atoms with Crippen molar-refractivity contribution in [3.05, 3.63) is 52.4 Å². The van der Waals surface area contributed by atoms with Crippen LogP contribution in [0.15, 0.2) is 30.3 Å². The van der Waals surface area contributed by atoms with Gasteiger partial charge in [0.15, 0.2) is 0 Å². The number of anilines is 2. The molecule has 0 aliphatic heterocycles. The van der Waals surface area contributed by atoms with Gasteiger partial charge in [-0.05, 0) is 24.3 Å². The molecule has 0 unspecified atom stereocenters. The largest absolute Gasteiger partial charge is 0.339 e. The number of nitrogens with zero attached hydrogens (tertiary/aromatic N) is 3. The van der Waals surface area contributed by atoms with E-state index in [-0.39, 0.29) is 22.2 Å². The van der Waals surface area contributed by atoms with Gasteiger partial charge in [0.2, 0.25) is 0 Å². The summed E-state index contributed by atoms with van der Waals surface area (Å²) in [5.41, 5.74) is 0.460. The van der Waals surface area contributed by atoms with E-state index in [1.54, 1.807) is 6.07 Å². The molecule has 1 aromatic carbocycles. The van der Waals surface area contributed by atoms with Gasteiger partial charge in [0.05, 0.1) is 17.3 Å². The second-order valence-corrected chi connectivity index (χ2v) is 3.96. The Morgan fingerprint density at radius 2 is 2.00 bits per heavy atom. The van der Waals surface area contributed by atoms with Crippen molar-refractivity contribution in [3.8, 4) is 12.1 Å². The molecule has 0 amide bonds. The van der Waals surface area contributed by atoms with E-state index >= 15 is 0 Å². The van der Waals surface area contributed by atoms with Gasteiger partial charge in [0, 0.05) is 0 Å². The first-order valence-electron chi connectivity index (χ1n) is 5.17. The number of halogens is 2. The van der Waals surface area contributed by atoms with Gasteiger partial charge >= 0.3 is 0 Å². The number of rotatable bonds is 2. The van der Waals surface area contributed by atoms with Crippen molar-refractivity contribution in [1.29, 1.82) is 10.5 Å². The Balaban J connectivity index is 2.43. The first-order valence-corrected chi connectivity index (χ1v) is 5.55. The van der Waals surface area contributed by atoms with Crippen LogP contribution in [0.25, 0.3) is 0 Å². The first-order chi connectivity index (χ1) is 9.13. The average Bonchev–Trinajstić information content (AvgIpc) is 2.38. The highest BCUT2D eigenvalue weighted by Crippen LogP contribution is 2.23. The fourth-order valence-corrected chi connectivity index (χ4v) is 1.71. The van der Waals surface area contributed by atoms with Crippen molar-refractivity contribution < 1.29 is 4.39 Å². The molecule has 2 aromatic rings. The minimum atomic E-state index is -0.630. The predicted octanol–water partition coefficient (Wildman–Crippen LogP) is 3.36. The summed E-state index contributed by atoms with van der Waals surface area (Å²) in [4.78, 5) is 3.95. The quantitative estimate of drug-likeness (QED) is 0.851. The summed E-state index contributed by atoms with van der Waals surface area (Å²) in [5.74, 6) is -0.360. The lowest BCUT2D eigenvalue weighted by atomic mass is 10.2. The van der Waals surface area contributed by atoms with Crippen molar-refractivity contribution in [2.24, 2.45) is 0 Å². The standard InChI is InChI=1S/C13H6ClFN4/c14-12-4-8(6-16)5-13(19-12)18-11-3-1-2-10(15)9(11)7-17/h1-5H,(H,18,19). The number of hydrogen-bond acceptors (Lipinski definition) is 4. The molecule has 2 rings (SSSR count). The summed E-state index contributed by atoms with van der Waals surface area (Å²) in [6.07, 6.45) is 0. The topological polar surface area (TPSA) is 72.5 Å². The molecule has 0 atom stereocenters. The number of nitrogens with one attached hydrogen (secondary N) is 1. The van der Waals surface area contributed by atoms with Gasteiger partial charge < -0.3 is 5.32 Å². The predicted molar refractivity (Wildman–Crippen MR) is 68.4 cm³/mol. The summed E-state index contributed by atoms with van der Waals surface area (Å²) in [7, 11) is 0. The Morgan fingerprint density at radius 1 is 1.21 bits per heavy atom. The zero-order valence-electron chi connectivity index (χ0n) is 9.48. The van der Waals surface area contributed by atoms with E-state index in [0.29, 0.717) is 5.56 Å². The molecule has 1 aromatic heterocycles. The maximum absolute atomic E-state index is 13.4. The van der Waals surface area contributed by atoms with Crippen LogP contribution < -0.4 is 5.32 Å². The molecule has 0 radical (unpaired) electrons. The van der Waals surface area contributed by atoms with Gasteiger partial charge in [0.25, 0.3) is 0 Å². The van der Waals surface area contributed by atoms with Crippen molar-refractivity contribution in [2.45, 2.75) is 0 Å². The summed E-state index contributed by atoms with van der Waals surface area (Å²) >= 11 is 5.76. The van der Waals surface area contributed by atoms with Crippen molar-refractivity contribution in [1.82, 2.24) is 4.98 Å². The summed E-state index contributed by atoms with van der Waals surface area (Å²) in [5, 5.41) is 20.6. The number of pyridine rings is 1. The van der Waals surface area contributed by atoms with Gasteiger partial charge in [-0.2, -0.15) is 10.5 Å². The van der Waals surface area contributed by atoms with Gasteiger partial charge in [-0.1, -0.05) is 17.7 Å². The Hall–Kier alpha value is -2.63. The average molecular weight is 273 g/mol. The molecular formula is C13H6ClFN4. The number of benzene rings is 1. The molecule has 0 aliphatic rings. The Morgan fingerprint density at radius 3 is 2.68 bits per heavy atom. The lowest BCUT2D eigenvalue weighted by Crippen LogP contribution is -1.98. The highest BCUT2D eigenvalue weighted by molar-refractivity contribution is 6.29. The third-order valence-electron chi connectivity index (χ3n) is 2.31. The molecule has 0 fully saturated rings. The Labute approximate surface area is 113 Å². The third-order valence-corrected chi connectivity index (χ3v) is 2.50. The van der Waals surface area contributed by atoms with E-state index in [0.717, 1.165) is 0 Å². The minimum absolute atomic E-state index is 0.122. The summed E-state index contributed by atoms with van der Waals surface area (Å²) in [6, 6.07) is 10.8. The van der Waals surface area contributed by atoms with Crippen LogP contribution in [0.2, 0.25) is 5.15 Å². The minimum Gasteiger partial charge on any atom is -0.339 e. The van der Waals surface area contributed by atoms with Gasteiger partial charge in [0.1, 0.15) is 28.4 Å². The van der Waals surface area contributed by atoms with Crippen LogP contribution >= 0.6 is 11.6 Å². The van der Waals surface area contributed by atoms with E-state index in [1.165, 1.54) is 30.3 Å². The smallest absolute Gasteiger partial charge is 0.143 e. The lowest BCUT2D eigenvalue weighted by molar-refractivity contribution is 0.624. The van der Waals surface area contributed by atoms with Crippen LogP contribution in [0.4, 0.5) is 15.9 Å². The fraction of sp³-hybridized carbons (Fsp3) is 0. The van der Waals surface area contributed by atoms with E-state index in [4.69, 9.17) is 22.1 Å². The fourth-order valence-electron chi connectivity index (χ4n) is 1.51. The van der Waals surface area contributed by atoms with E-state index in [9.17, 15) is 4.39 Å². The van der Waals surface area contributed by atoms with Gasteiger partial charge in [-0.25, -0.2) is 9.37 Å². The molecule has 4 nitrogen and oxygen atoms in total. The Bertz CT molecular complexity index is 716. The van der Waals surface area contributed by atoms with E-state index in [2.05, 4.69) is 10.3 Å². The van der Waals surface area contributed by atoms with Crippen molar-refractivity contribution in [3.63, 3.8) is 0 Å². The molecule has 0 saturated heterocycles. The molecule has 0 saturated carbocycles. The first kappa shape index (κ1) is 12.8. The normalized spacial score (nSPS) is 9.47. The van der Waals surface area contributed by atoms with Crippen LogP contribution in [-0.2, 0) is 0 Å². The maximum atomic E-state index is 13.4. The monoisotopic (exact) mass is 272 g/mol. The summed E-state index contributed by atoms with van der Waals surface area (Å²) in [6.45, 7) is 0. The van der Waals surface area contributed by atoms with E-state index in [1.807, 2.05) is 6.07 Å². The molecule has 6 heteroatoms. The van der Waals surface area contributed by atoms with Crippen LogP contribution in [0.1, 0.15) is 11.1 Å². The van der Waals surface area contributed by atoms with Gasteiger partial charge in [-0.3, -0.25) is 0 Å². The number of hydrogen-bond donors (Lipinski definition) is 1. The number of nitriles is 2. The third kappa shape index (κ3) is 2.79. The second-order valence-electron chi connectivity index (χ2n) is 3.57. The van der Waals surface area contributed by atoms with Gasteiger partial charge in [-0.15, -0.1) is 0 Å². The molecule has 0 bridgehead atoms. The number of aromatic nitrogens is 1. The second kappa shape index (κ2) is 5.34. The van der Waals surface area contributed by atoms with Crippen LogP contribution in [-0.4, -0.2) is 4.98 Å². The van der Waals surface area contributed by atoms with Crippen molar-refractivity contribution in [2.75, 3.05) is 5.32 Å². The molecular weight excluding hydrogens is 267 g/mol. The lowest BCUT2D eigenvalue weighted by Gasteiger charge is -2.08. The van der Waals surface area contributed by atoms with Crippen molar-refractivity contribution >= 4 is 23.1 Å². The highest BCUT2D eigenvalue weighted by atomic mass is 35.5. The van der Waals surface area contributed by atoms with Crippen LogP contribution in [0.5, 0.6) is 0 Å². The molecule has 0 spiro atoms. The highest BCUT2D eigenvalue weighted by Gasteiger charge is 2.09.